The molecule has 35 heavy (non-hydrogen) atoms. The number of rotatable bonds is 7. The quantitative estimate of drug-likeness (QED) is 0.256. The second-order valence-electron chi connectivity index (χ2n) is 9.53. The number of halogens is 2. The van der Waals surface area contributed by atoms with Crippen LogP contribution in [-0.2, 0) is 17.8 Å². The zero-order chi connectivity index (χ0) is 24.4. The van der Waals surface area contributed by atoms with Gasteiger partial charge in [0.05, 0.1) is 5.52 Å². The van der Waals surface area contributed by atoms with Crippen molar-refractivity contribution in [1.82, 2.24) is 9.47 Å². The molecule has 0 spiro atoms. The van der Waals surface area contributed by atoms with Gasteiger partial charge in [-0.3, -0.25) is 9.69 Å². The number of fused-ring (bicyclic) bond motifs is 1. The van der Waals surface area contributed by atoms with Crippen molar-refractivity contribution in [2.24, 2.45) is 0 Å². The molecule has 1 saturated heterocycles. The minimum Gasteiger partial charge on any atom is -0.316 e. The SMILES string of the molecule is CCC(=O)Cc1cccc(C2CCN(Cc3cn(-c4cccc(Cl)c4)c4cc(Cl)ccc34)CC2)c1. The Morgan fingerprint density at radius 2 is 1.71 bits per heavy atom. The van der Waals surface area contributed by atoms with Crippen molar-refractivity contribution in [2.75, 3.05) is 13.1 Å². The van der Waals surface area contributed by atoms with E-state index in [0.29, 0.717) is 24.5 Å². The molecule has 1 aromatic heterocycles. The van der Waals surface area contributed by atoms with Crippen LogP contribution < -0.4 is 0 Å². The van der Waals surface area contributed by atoms with Crippen LogP contribution in [0.25, 0.3) is 16.6 Å². The minimum atomic E-state index is 0.301. The normalized spacial score (nSPS) is 15.1. The van der Waals surface area contributed by atoms with Crippen molar-refractivity contribution in [3.63, 3.8) is 0 Å². The van der Waals surface area contributed by atoms with E-state index in [1.807, 2.05) is 37.3 Å². The summed E-state index contributed by atoms with van der Waals surface area (Å²) in [7, 11) is 0. The topological polar surface area (TPSA) is 25.2 Å². The van der Waals surface area contributed by atoms with Crippen molar-refractivity contribution in [3.8, 4) is 5.69 Å². The lowest BCUT2D eigenvalue weighted by atomic mass is 9.88. The number of nitrogens with zero attached hydrogens (tertiary/aromatic N) is 2. The molecular weight excluding hydrogens is 475 g/mol. The Morgan fingerprint density at radius 1 is 0.943 bits per heavy atom. The van der Waals surface area contributed by atoms with Crippen LogP contribution in [0.15, 0.2) is 72.9 Å². The maximum atomic E-state index is 11.9. The molecule has 5 rings (SSSR count). The summed E-state index contributed by atoms with van der Waals surface area (Å²) in [5, 5.41) is 2.68. The molecule has 0 N–H and O–H groups in total. The zero-order valence-electron chi connectivity index (χ0n) is 20.0. The van der Waals surface area contributed by atoms with Crippen LogP contribution >= 0.6 is 23.2 Å². The van der Waals surface area contributed by atoms with E-state index in [-0.39, 0.29) is 0 Å². The van der Waals surface area contributed by atoms with Gasteiger partial charge in [0.1, 0.15) is 5.78 Å². The third kappa shape index (κ3) is 5.48. The fraction of sp³-hybridized carbons (Fsp3) is 0.300. The number of piperidine rings is 1. The van der Waals surface area contributed by atoms with E-state index in [1.165, 1.54) is 16.5 Å². The molecule has 0 saturated carbocycles. The molecule has 180 valence electrons. The molecule has 4 aromatic rings. The average molecular weight is 505 g/mol. The maximum Gasteiger partial charge on any atom is 0.136 e. The van der Waals surface area contributed by atoms with Gasteiger partial charge in [0, 0.05) is 46.7 Å². The number of benzene rings is 3. The van der Waals surface area contributed by atoms with Crippen LogP contribution in [0.5, 0.6) is 0 Å². The number of carbonyl (C=O) groups excluding carboxylic acids is 1. The number of ketones is 1. The Hall–Kier alpha value is -2.59. The molecule has 1 aliphatic heterocycles. The van der Waals surface area contributed by atoms with Gasteiger partial charge in [-0.25, -0.2) is 0 Å². The van der Waals surface area contributed by atoms with Crippen LogP contribution in [0, 0.1) is 0 Å². The summed E-state index contributed by atoms with van der Waals surface area (Å²) in [6.45, 7) is 4.95. The molecule has 1 aliphatic rings. The van der Waals surface area contributed by atoms with Crippen LogP contribution in [-0.4, -0.2) is 28.3 Å². The number of hydrogen-bond acceptors (Lipinski definition) is 2. The monoisotopic (exact) mass is 504 g/mol. The lowest BCUT2D eigenvalue weighted by Crippen LogP contribution is -2.32. The van der Waals surface area contributed by atoms with Crippen molar-refractivity contribution in [3.05, 3.63) is 99.7 Å². The summed E-state index contributed by atoms with van der Waals surface area (Å²) >= 11 is 12.6. The Bertz CT molecular complexity index is 1350. The molecule has 0 unspecified atom stereocenters. The molecule has 0 radical (unpaired) electrons. The van der Waals surface area contributed by atoms with Crippen molar-refractivity contribution in [1.29, 1.82) is 0 Å². The van der Waals surface area contributed by atoms with Gasteiger partial charge in [-0.05, 0) is 78.9 Å². The Kier molecular flexibility index (Phi) is 7.29. The first kappa shape index (κ1) is 24.1. The van der Waals surface area contributed by atoms with E-state index in [4.69, 9.17) is 23.2 Å². The van der Waals surface area contributed by atoms with Crippen molar-refractivity contribution < 1.29 is 4.79 Å². The molecule has 0 aliphatic carbocycles. The third-order valence-electron chi connectivity index (χ3n) is 7.14. The van der Waals surface area contributed by atoms with Gasteiger partial charge in [-0.2, -0.15) is 0 Å². The van der Waals surface area contributed by atoms with E-state index < -0.39 is 0 Å². The summed E-state index contributed by atoms with van der Waals surface area (Å²) in [5.74, 6) is 0.852. The zero-order valence-corrected chi connectivity index (χ0v) is 21.5. The van der Waals surface area contributed by atoms with E-state index in [0.717, 1.165) is 59.3 Å². The Morgan fingerprint density at radius 3 is 2.49 bits per heavy atom. The predicted octanol–water partition coefficient (Wildman–Crippen LogP) is 7.84. The molecule has 3 nitrogen and oxygen atoms in total. The highest BCUT2D eigenvalue weighted by atomic mass is 35.5. The summed E-state index contributed by atoms with van der Waals surface area (Å²) < 4.78 is 2.19. The van der Waals surface area contributed by atoms with E-state index >= 15 is 0 Å². The average Bonchev–Trinajstić information content (AvgIpc) is 3.22. The fourth-order valence-electron chi connectivity index (χ4n) is 5.21. The van der Waals surface area contributed by atoms with E-state index in [1.54, 1.807) is 0 Å². The van der Waals surface area contributed by atoms with Crippen molar-refractivity contribution in [2.45, 2.75) is 45.1 Å². The van der Waals surface area contributed by atoms with Crippen LogP contribution in [0.2, 0.25) is 10.0 Å². The standard InChI is InChI=1S/C30H30Cl2N2O/c1-2-28(35)16-21-5-3-6-23(15-21)22-11-13-33(14-12-22)19-24-20-34(27-8-4-7-25(31)17-27)30-18-26(32)9-10-29(24)30/h3-10,15,17-18,20,22H,2,11-14,16,19H2,1H3. The summed E-state index contributed by atoms with van der Waals surface area (Å²) in [5.41, 5.74) is 5.96. The van der Waals surface area contributed by atoms with Crippen molar-refractivity contribution >= 4 is 39.9 Å². The minimum absolute atomic E-state index is 0.301. The number of hydrogen-bond donors (Lipinski definition) is 0. The van der Waals surface area contributed by atoms with E-state index in [2.05, 4.69) is 52.1 Å². The summed E-state index contributed by atoms with van der Waals surface area (Å²) in [4.78, 5) is 14.4. The smallest absolute Gasteiger partial charge is 0.136 e. The molecule has 1 fully saturated rings. The second kappa shape index (κ2) is 10.6. The first-order chi connectivity index (χ1) is 17.0. The number of aromatic nitrogens is 1. The highest BCUT2D eigenvalue weighted by molar-refractivity contribution is 6.31. The molecule has 2 heterocycles. The predicted molar refractivity (Wildman–Crippen MR) is 146 cm³/mol. The molecule has 0 atom stereocenters. The number of carbonyl (C=O) groups is 1. The van der Waals surface area contributed by atoms with E-state index in [9.17, 15) is 4.79 Å². The van der Waals surface area contributed by atoms with Crippen LogP contribution in [0.1, 0.15) is 48.8 Å². The molecule has 0 amide bonds. The molecular formula is C30H30Cl2N2O. The Balaban J connectivity index is 1.32. The maximum absolute atomic E-state index is 11.9. The molecule has 3 aromatic carbocycles. The van der Waals surface area contributed by atoms with Crippen LogP contribution in [0.3, 0.4) is 0 Å². The first-order valence-corrected chi connectivity index (χ1v) is 13.1. The fourth-order valence-corrected chi connectivity index (χ4v) is 5.56. The van der Waals surface area contributed by atoms with Crippen LogP contribution in [0.4, 0.5) is 0 Å². The van der Waals surface area contributed by atoms with Gasteiger partial charge < -0.3 is 4.57 Å². The first-order valence-electron chi connectivity index (χ1n) is 12.4. The largest absolute Gasteiger partial charge is 0.316 e. The highest BCUT2D eigenvalue weighted by Gasteiger charge is 2.22. The van der Waals surface area contributed by atoms with Gasteiger partial charge in [0.15, 0.2) is 0 Å². The highest BCUT2D eigenvalue weighted by Crippen LogP contribution is 2.32. The second-order valence-corrected chi connectivity index (χ2v) is 10.4. The number of Topliss-reactive ketones (excluding diaryl/α,β-unsaturated/α-hetero) is 1. The summed E-state index contributed by atoms with van der Waals surface area (Å²) in [6, 6.07) is 22.7. The van der Waals surface area contributed by atoms with Gasteiger partial charge >= 0.3 is 0 Å². The third-order valence-corrected chi connectivity index (χ3v) is 7.61. The summed E-state index contributed by atoms with van der Waals surface area (Å²) in [6.07, 6.45) is 5.63. The molecule has 5 heteroatoms. The van der Waals surface area contributed by atoms with Gasteiger partial charge in [0.25, 0.3) is 0 Å². The number of likely N-dealkylation sites (tertiary alicyclic amines) is 1. The Labute approximate surface area is 217 Å². The van der Waals surface area contributed by atoms with Gasteiger partial charge in [-0.1, -0.05) is 66.5 Å². The lowest BCUT2D eigenvalue weighted by molar-refractivity contribution is -0.118. The van der Waals surface area contributed by atoms with Gasteiger partial charge in [0.2, 0.25) is 0 Å². The lowest BCUT2D eigenvalue weighted by Gasteiger charge is -2.32. The van der Waals surface area contributed by atoms with Gasteiger partial charge in [-0.15, -0.1) is 0 Å². The molecule has 0 bridgehead atoms.